The summed E-state index contributed by atoms with van der Waals surface area (Å²) in [6.45, 7) is 2.79. The topological polar surface area (TPSA) is 73.6 Å². The van der Waals surface area contributed by atoms with Gasteiger partial charge in [0.05, 0.1) is 15.5 Å². The summed E-state index contributed by atoms with van der Waals surface area (Å²) in [6, 6.07) is 2.15. The van der Waals surface area contributed by atoms with E-state index in [9.17, 15) is 14.5 Å². The predicted molar refractivity (Wildman–Crippen MR) is 78.0 cm³/mol. The van der Waals surface area contributed by atoms with E-state index < -0.39 is 16.4 Å². The number of nitro benzene ring substituents is 1. The van der Waals surface area contributed by atoms with Crippen LogP contribution in [0.5, 0.6) is 5.75 Å². The van der Waals surface area contributed by atoms with Crippen molar-refractivity contribution in [3.8, 4) is 5.75 Å². The van der Waals surface area contributed by atoms with Gasteiger partial charge in [0.15, 0.2) is 0 Å². The van der Waals surface area contributed by atoms with Crippen LogP contribution in [0.3, 0.4) is 0 Å². The molecule has 0 amide bonds. The Bertz CT molecular complexity index is 543. The number of halogens is 2. The summed E-state index contributed by atoms with van der Waals surface area (Å²) < 4.78 is 24.5. The summed E-state index contributed by atoms with van der Waals surface area (Å²) in [5.41, 5.74) is -0.399. The Hall–Kier alpha value is -1.25. The zero-order chi connectivity index (χ0) is 15.6. The minimum Gasteiger partial charge on any atom is -0.480 e. The lowest BCUT2D eigenvalue weighted by Crippen LogP contribution is -2.60. The second-order valence-corrected chi connectivity index (χ2v) is 5.60. The van der Waals surface area contributed by atoms with Gasteiger partial charge in [-0.15, -0.1) is 0 Å². The first kappa shape index (κ1) is 16.1. The molecule has 0 spiro atoms. The lowest BCUT2D eigenvalue weighted by molar-refractivity contribution is -0.386. The Balaban J connectivity index is 2.19. The average molecular weight is 363 g/mol. The van der Waals surface area contributed by atoms with E-state index in [-0.39, 0.29) is 28.5 Å². The summed E-state index contributed by atoms with van der Waals surface area (Å²) >= 11 is 3.11. The number of hydrogen-bond donors (Lipinski definition) is 1. The molecule has 6 nitrogen and oxygen atoms in total. The molecule has 3 unspecified atom stereocenters. The van der Waals surface area contributed by atoms with Gasteiger partial charge >= 0.3 is 5.69 Å². The van der Waals surface area contributed by atoms with Gasteiger partial charge < -0.3 is 14.8 Å². The van der Waals surface area contributed by atoms with E-state index >= 15 is 0 Å². The van der Waals surface area contributed by atoms with Crippen molar-refractivity contribution in [3.63, 3.8) is 0 Å². The number of likely N-dealkylation sites (N-methyl/N-ethyl adjacent to an activating group) is 1. The summed E-state index contributed by atoms with van der Waals surface area (Å²) in [5, 5.41) is 14.3. The van der Waals surface area contributed by atoms with Crippen molar-refractivity contribution in [2.75, 3.05) is 13.7 Å². The molecule has 0 aliphatic heterocycles. The second-order valence-electron chi connectivity index (χ2n) is 4.75. The standard InChI is InChI=1S/C13H16BrFN2O4/c1-3-16-9-6-11(13(9)20-2)21-12-8(14)4-7(15)5-10(12)17(18)19/h4-5,9,11,13,16H,3,6H2,1-2H3. The Labute approximate surface area is 129 Å². The van der Waals surface area contributed by atoms with Crippen LogP contribution in [-0.2, 0) is 4.74 Å². The summed E-state index contributed by atoms with van der Waals surface area (Å²) in [6.07, 6.45) is 0.175. The predicted octanol–water partition coefficient (Wildman–Crippen LogP) is 2.64. The SMILES string of the molecule is CCNC1CC(Oc2c(Br)cc(F)cc2[N+](=O)[O-])C1OC. The van der Waals surface area contributed by atoms with E-state index in [4.69, 9.17) is 9.47 Å². The number of rotatable bonds is 6. The molecule has 1 aliphatic rings. The van der Waals surface area contributed by atoms with Crippen molar-refractivity contribution >= 4 is 21.6 Å². The fourth-order valence-corrected chi connectivity index (χ4v) is 2.94. The van der Waals surface area contributed by atoms with E-state index in [2.05, 4.69) is 21.2 Å². The number of nitro groups is 1. The van der Waals surface area contributed by atoms with Crippen LogP contribution in [0.15, 0.2) is 16.6 Å². The smallest absolute Gasteiger partial charge is 0.315 e. The number of benzene rings is 1. The highest BCUT2D eigenvalue weighted by Crippen LogP contribution is 2.39. The van der Waals surface area contributed by atoms with Crippen molar-refractivity contribution in [2.45, 2.75) is 31.6 Å². The third-order valence-corrected chi connectivity index (χ3v) is 4.03. The van der Waals surface area contributed by atoms with E-state index in [1.165, 1.54) is 0 Å². The van der Waals surface area contributed by atoms with Gasteiger partial charge in [0, 0.05) is 19.6 Å². The largest absolute Gasteiger partial charge is 0.480 e. The summed E-state index contributed by atoms with van der Waals surface area (Å²) in [7, 11) is 1.57. The molecule has 1 saturated carbocycles. The van der Waals surface area contributed by atoms with E-state index in [1.54, 1.807) is 7.11 Å². The minimum atomic E-state index is -0.691. The number of nitrogens with one attached hydrogen (secondary N) is 1. The number of ether oxygens (including phenoxy) is 2. The number of nitrogens with zero attached hydrogens (tertiary/aromatic N) is 1. The van der Waals surface area contributed by atoms with Crippen LogP contribution >= 0.6 is 15.9 Å². The molecule has 21 heavy (non-hydrogen) atoms. The molecule has 116 valence electrons. The molecule has 1 fully saturated rings. The maximum absolute atomic E-state index is 13.3. The van der Waals surface area contributed by atoms with Gasteiger partial charge in [-0.1, -0.05) is 6.92 Å². The highest BCUT2D eigenvalue weighted by Gasteiger charge is 2.44. The number of hydrogen-bond acceptors (Lipinski definition) is 5. The maximum Gasteiger partial charge on any atom is 0.315 e. The van der Waals surface area contributed by atoms with Crippen LogP contribution in [0.2, 0.25) is 0 Å². The van der Waals surface area contributed by atoms with Crippen LogP contribution in [0.25, 0.3) is 0 Å². The molecule has 1 N–H and O–H groups in total. The zero-order valence-electron chi connectivity index (χ0n) is 11.6. The Morgan fingerprint density at radius 3 is 2.86 bits per heavy atom. The first-order valence-corrected chi connectivity index (χ1v) is 7.33. The third kappa shape index (κ3) is 3.33. The Kier molecular flexibility index (Phi) is 5.13. The molecule has 0 saturated heterocycles. The van der Waals surface area contributed by atoms with Gasteiger partial charge in [-0.05, 0) is 28.5 Å². The van der Waals surface area contributed by atoms with Gasteiger partial charge in [0.2, 0.25) is 5.75 Å². The van der Waals surface area contributed by atoms with Gasteiger partial charge in [-0.2, -0.15) is 0 Å². The fourth-order valence-electron chi connectivity index (χ4n) is 2.43. The van der Waals surface area contributed by atoms with Crippen molar-refractivity contribution in [3.05, 3.63) is 32.5 Å². The highest BCUT2D eigenvalue weighted by atomic mass is 79.9. The average Bonchev–Trinajstić information content (AvgIpc) is 2.39. The van der Waals surface area contributed by atoms with Crippen molar-refractivity contribution in [2.24, 2.45) is 0 Å². The first-order chi connectivity index (χ1) is 9.97. The molecule has 1 aromatic carbocycles. The first-order valence-electron chi connectivity index (χ1n) is 6.54. The monoisotopic (exact) mass is 362 g/mol. The van der Waals surface area contributed by atoms with Gasteiger partial charge in [-0.25, -0.2) is 4.39 Å². The van der Waals surface area contributed by atoms with Crippen molar-refractivity contribution in [1.82, 2.24) is 5.32 Å². The molecule has 1 aliphatic carbocycles. The van der Waals surface area contributed by atoms with E-state index in [1.807, 2.05) is 6.92 Å². The molecule has 0 bridgehead atoms. The van der Waals surface area contributed by atoms with Crippen LogP contribution in [0, 0.1) is 15.9 Å². The van der Waals surface area contributed by atoms with Gasteiger partial charge in [-0.3, -0.25) is 10.1 Å². The quantitative estimate of drug-likeness (QED) is 0.621. The fraction of sp³-hybridized carbons (Fsp3) is 0.538. The zero-order valence-corrected chi connectivity index (χ0v) is 13.2. The van der Waals surface area contributed by atoms with Gasteiger partial charge in [0.25, 0.3) is 0 Å². The van der Waals surface area contributed by atoms with Crippen molar-refractivity contribution < 1.29 is 18.8 Å². The maximum atomic E-state index is 13.3. The summed E-state index contributed by atoms with van der Waals surface area (Å²) in [4.78, 5) is 10.4. The van der Waals surface area contributed by atoms with Crippen LogP contribution in [-0.4, -0.2) is 36.8 Å². The molecule has 2 rings (SSSR count). The Morgan fingerprint density at radius 1 is 1.57 bits per heavy atom. The second kappa shape index (κ2) is 6.67. The van der Waals surface area contributed by atoms with E-state index in [0.29, 0.717) is 6.42 Å². The van der Waals surface area contributed by atoms with Crippen LogP contribution < -0.4 is 10.1 Å². The molecule has 3 atom stereocenters. The molecular weight excluding hydrogens is 347 g/mol. The lowest BCUT2D eigenvalue weighted by atomic mass is 9.85. The van der Waals surface area contributed by atoms with Crippen LogP contribution in [0.4, 0.5) is 10.1 Å². The molecule has 0 aromatic heterocycles. The normalized spacial score (nSPS) is 24.5. The molecular formula is C13H16BrFN2O4. The van der Waals surface area contributed by atoms with Gasteiger partial charge in [0.1, 0.15) is 18.0 Å². The molecule has 1 aromatic rings. The molecule has 0 heterocycles. The summed E-state index contributed by atoms with van der Waals surface area (Å²) in [5.74, 6) is -0.660. The van der Waals surface area contributed by atoms with Crippen LogP contribution in [0.1, 0.15) is 13.3 Å². The number of methoxy groups -OCH3 is 1. The molecule has 8 heteroatoms. The van der Waals surface area contributed by atoms with E-state index in [0.717, 1.165) is 18.7 Å². The lowest BCUT2D eigenvalue weighted by Gasteiger charge is -2.43. The highest BCUT2D eigenvalue weighted by molar-refractivity contribution is 9.10. The van der Waals surface area contributed by atoms with Crippen molar-refractivity contribution in [1.29, 1.82) is 0 Å². The third-order valence-electron chi connectivity index (χ3n) is 3.44. The Morgan fingerprint density at radius 2 is 2.29 bits per heavy atom. The minimum absolute atomic E-state index is 0.0309. The molecule has 0 radical (unpaired) electrons.